The van der Waals surface area contributed by atoms with Crippen molar-refractivity contribution < 1.29 is 14.1 Å². The van der Waals surface area contributed by atoms with Crippen molar-refractivity contribution in [2.24, 2.45) is 0 Å². The second-order valence-corrected chi connectivity index (χ2v) is 5.80. The van der Waals surface area contributed by atoms with E-state index >= 15 is 0 Å². The molecule has 9 heteroatoms. The van der Waals surface area contributed by atoms with Crippen molar-refractivity contribution in [1.82, 2.24) is 30.6 Å². The molecule has 1 atom stereocenters. The van der Waals surface area contributed by atoms with E-state index in [1.807, 2.05) is 12.3 Å². The maximum Gasteiger partial charge on any atom is 0.246 e. The molecule has 1 aliphatic rings. The molecule has 1 aliphatic heterocycles. The monoisotopic (exact) mass is 334 g/mol. The van der Waals surface area contributed by atoms with E-state index in [4.69, 9.17) is 9.26 Å². The van der Waals surface area contributed by atoms with Crippen LogP contribution in [0.25, 0.3) is 0 Å². The van der Waals surface area contributed by atoms with Gasteiger partial charge in [0.2, 0.25) is 11.8 Å². The summed E-state index contributed by atoms with van der Waals surface area (Å²) in [7, 11) is 1.56. The second-order valence-electron chi connectivity index (χ2n) is 5.80. The van der Waals surface area contributed by atoms with E-state index in [1.54, 1.807) is 11.8 Å². The van der Waals surface area contributed by atoms with E-state index in [-0.39, 0.29) is 25.6 Å². The van der Waals surface area contributed by atoms with Crippen molar-refractivity contribution in [2.45, 2.75) is 38.5 Å². The Kier molecular flexibility index (Phi) is 5.55. The summed E-state index contributed by atoms with van der Waals surface area (Å²) >= 11 is 0. The molecule has 2 aromatic rings. The largest absolute Gasteiger partial charge is 0.377 e. The van der Waals surface area contributed by atoms with E-state index in [2.05, 4.69) is 25.9 Å². The molecule has 0 unspecified atom stereocenters. The number of carbonyl (C=O) groups is 1. The van der Waals surface area contributed by atoms with Crippen LogP contribution >= 0.6 is 0 Å². The van der Waals surface area contributed by atoms with Gasteiger partial charge in [0.15, 0.2) is 5.82 Å². The smallest absolute Gasteiger partial charge is 0.246 e. The van der Waals surface area contributed by atoms with E-state index < -0.39 is 0 Å². The lowest BCUT2D eigenvalue weighted by atomic mass is 9.97. The van der Waals surface area contributed by atoms with E-state index in [1.165, 1.54) is 0 Å². The van der Waals surface area contributed by atoms with Gasteiger partial charge in [0.1, 0.15) is 13.2 Å². The van der Waals surface area contributed by atoms with Crippen LogP contribution in [0.5, 0.6) is 0 Å². The molecule has 3 heterocycles. The molecule has 0 aromatic carbocycles. The number of nitrogens with one attached hydrogen (secondary N) is 2. The third kappa shape index (κ3) is 4.39. The molecule has 24 heavy (non-hydrogen) atoms. The molecule has 3 rings (SSSR count). The molecule has 0 saturated carbocycles. The summed E-state index contributed by atoms with van der Waals surface area (Å²) in [6.07, 6.45) is 4.14. The highest BCUT2D eigenvalue weighted by Crippen LogP contribution is 2.21. The molecule has 1 saturated heterocycles. The Labute approximate surface area is 139 Å². The van der Waals surface area contributed by atoms with Crippen molar-refractivity contribution in [3.05, 3.63) is 29.7 Å². The Morgan fingerprint density at radius 3 is 3.29 bits per heavy atom. The zero-order valence-electron chi connectivity index (χ0n) is 13.7. The van der Waals surface area contributed by atoms with Gasteiger partial charge in [-0.05, 0) is 25.5 Å². The maximum absolute atomic E-state index is 12.0. The Balaban J connectivity index is 1.46. The molecule has 130 valence electrons. The van der Waals surface area contributed by atoms with Crippen LogP contribution in [0.1, 0.15) is 36.2 Å². The van der Waals surface area contributed by atoms with Crippen molar-refractivity contribution in [1.29, 1.82) is 0 Å². The third-order valence-electron chi connectivity index (χ3n) is 3.90. The Morgan fingerprint density at radius 1 is 1.58 bits per heavy atom. The van der Waals surface area contributed by atoms with E-state index in [9.17, 15) is 4.79 Å². The van der Waals surface area contributed by atoms with Crippen molar-refractivity contribution in [3.8, 4) is 0 Å². The van der Waals surface area contributed by atoms with E-state index in [0.717, 1.165) is 31.6 Å². The van der Waals surface area contributed by atoms with Crippen LogP contribution in [0.4, 0.5) is 0 Å². The molecule has 9 nitrogen and oxygen atoms in total. The summed E-state index contributed by atoms with van der Waals surface area (Å²) in [6.45, 7) is 2.66. The van der Waals surface area contributed by atoms with Crippen molar-refractivity contribution in [2.75, 3.05) is 20.2 Å². The summed E-state index contributed by atoms with van der Waals surface area (Å²) in [4.78, 5) is 16.1. The topological polar surface area (TPSA) is 107 Å². The SMILES string of the molecule is COCc1noc(CNC(=O)Cn2ccc([C@H]3CCCNC3)n2)n1. The van der Waals surface area contributed by atoms with Gasteiger partial charge in [-0.3, -0.25) is 9.48 Å². The van der Waals surface area contributed by atoms with Gasteiger partial charge in [0.05, 0.1) is 12.2 Å². The van der Waals surface area contributed by atoms with Gasteiger partial charge in [-0.2, -0.15) is 10.1 Å². The number of carbonyl (C=O) groups excluding carboxylic acids is 1. The zero-order chi connectivity index (χ0) is 16.8. The quantitative estimate of drug-likeness (QED) is 0.744. The van der Waals surface area contributed by atoms with Crippen LogP contribution in [0, 0.1) is 0 Å². The number of amides is 1. The summed E-state index contributed by atoms with van der Waals surface area (Å²) in [5.74, 6) is 1.09. The fraction of sp³-hybridized carbons (Fsp3) is 0.600. The number of piperidine rings is 1. The van der Waals surface area contributed by atoms with Crippen LogP contribution in [-0.4, -0.2) is 46.0 Å². The molecule has 1 amide bonds. The number of ether oxygens (including phenoxy) is 1. The summed E-state index contributed by atoms with van der Waals surface area (Å²) in [5.41, 5.74) is 1.04. The van der Waals surface area contributed by atoms with Crippen LogP contribution in [0.2, 0.25) is 0 Å². The normalized spacial score (nSPS) is 17.8. The number of aromatic nitrogens is 4. The van der Waals surface area contributed by atoms with Gasteiger partial charge in [-0.15, -0.1) is 0 Å². The molecule has 0 spiro atoms. The van der Waals surface area contributed by atoms with Crippen LogP contribution in [0.3, 0.4) is 0 Å². The van der Waals surface area contributed by atoms with Crippen molar-refractivity contribution in [3.63, 3.8) is 0 Å². The van der Waals surface area contributed by atoms with E-state index in [0.29, 0.717) is 17.6 Å². The van der Waals surface area contributed by atoms with Gasteiger partial charge in [-0.25, -0.2) is 0 Å². The molecule has 2 aromatic heterocycles. The lowest BCUT2D eigenvalue weighted by molar-refractivity contribution is -0.122. The standard InChI is InChI=1S/C15H22N6O3/c1-23-10-13-18-15(24-20-13)8-17-14(22)9-21-6-4-12(19-21)11-3-2-5-16-7-11/h4,6,11,16H,2-3,5,7-10H2,1H3,(H,17,22)/t11-/m0/s1. The van der Waals surface area contributed by atoms with Crippen LogP contribution in [0.15, 0.2) is 16.8 Å². The highest BCUT2D eigenvalue weighted by Gasteiger charge is 2.18. The first kappa shape index (κ1) is 16.6. The predicted octanol–water partition coefficient (Wildman–Crippen LogP) is 0.196. The van der Waals surface area contributed by atoms with Gasteiger partial charge in [-0.1, -0.05) is 5.16 Å². The summed E-state index contributed by atoms with van der Waals surface area (Å²) in [5, 5.41) is 14.4. The Morgan fingerprint density at radius 2 is 2.50 bits per heavy atom. The number of hydrogen-bond donors (Lipinski definition) is 2. The highest BCUT2D eigenvalue weighted by molar-refractivity contribution is 5.75. The van der Waals surface area contributed by atoms with Gasteiger partial charge < -0.3 is 19.9 Å². The first-order valence-corrected chi connectivity index (χ1v) is 8.06. The van der Waals surface area contributed by atoms with Gasteiger partial charge in [0, 0.05) is 25.8 Å². The highest BCUT2D eigenvalue weighted by atomic mass is 16.5. The minimum absolute atomic E-state index is 0.155. The van der Waals surface area contributed by atoms with Gasteiger partial charge >= 0.3 is 0 Å². The first-order valence-electron chi connectivity index (χ1n) is 8.06. The first-order chi connectivity index (χ1) is 11.7. The Bertz CT molecular complexity index is 662. The summed E-state index contributed by atoms with van der Waals surface area (Å²) in [6, 6.07) is 1.99. The summed E-state index contributed by atoms with van der Waals surface area (Å²) < 4.78 is 11.6. The maximum atomic E-state index is 12.0. The third-order valence-corrected chi connectivity index (χ3v) is 3.90. The number of nitrogens with zero attached hydrogens (tertiary/aromatic N) is 4. The second kappa shape index (κ2) is 8.02. The lowest BCUT2D eigenvalue weighted by Gasteiger charge is -2.20. The zero-order valence-corrected chi connectivity index (χ0v) is 13.7. The lowest BCUT2D eigenvalue weighted by Crippen LogP contribution is -2.29. The molecule has 0 radical (unpaired) electrons. The fourth-order valence-corrected chi connectivity index (χ4v) is 2.71. The number of hydrogen-bond acceptors (Lipinski definition) is 7. The fourth-order valence-electron chi connectivity index (χ4n) is 2.71. The van der Waals surface area contributed by atoms with Crippen molar-refractivity contribution >= 4 is 5.91 Å². The average Bonchev–Trinajstić information content (AvgIpc) is 3.24. The molecular formula is C15H22N6O3. The predicted molar refractivity (Wildman–Crippen MR) is 83.9 cm³/mol. The van der Waals surface area contributed by atoms with Gasteiger partial charge in [0.25, 0.3) is 0 Å². The Hall–Kier alpha value is -2.26. The minimum atomic E-state index is -0.155. The average molecular weight is 334 g/mol. The molecule has 0 aliphatic carbocycles. The molecule has 1 fully saturated rings. The number of rotatable bonds is 7. The molecule has 0 bridgehead atoms. The minimum Gasteiger partial charge on any atom is -0.377 e. The molecular weight excluding hydrogens is 312 g/mol. The van der Waals surface area contributed by atoms with Crippen LogP contribution in [-0.2, 0) is 29.2 Å². The van der Waals surface area contributed by atoms with Crippen LogP contribution < -0.4 is 10.6 Å². The molecule has 2 N–H and O–H groups in total. The number of methoxy groups -OCH3 is 1.